The molecule has 2 aliphatic heterocycles. The molecule has 2 aliphatic rings. The van der Waals surface area contributed by atoms with E-state index >= 15 is 0 Å². The summed E-state index contributed by atoms with van der Waals surface area (Å²) < 4.78 is 6.62. The lowest BCUT2D eigenvalue weighted by molar-refractivity contribution is -0.0677. The lowest BCUT2D eigenvalue weighted by atomic mass is 9.83. The summed E-state index contributed by atoms with van der Waals surface area (Å²) in [7, 11) is 0. The summed E-state index contributed by atoms with van der Waals surface area (Å²) in [5, 5.41) is 14.2. The van der Waals surface area contributed by atoms with Gasteiger partial charge in [0.05, 0.1) is 12.2 Å². The van der Waals surface area contributed by atoms with E-state index in [4.69, 9.17) is 4.74 Å². The Bertz CT molecular complexity index is 844. The van der Waals surface area contributed by atoms with E-state index in [1.54, 1.807) is 0 Å². The maximum Gasteiger partial charge on any atom is 0.122 e. The summed E-state index contributed by atoms with van der Waals surface area (Å²) in [6.45, 7) is 10.5. The lowest BCUT2D eigenvalue weighted by Gasteiger charge is -2.41. The second kappa shape index (κ2) is 9.78. The Kier molecular flexibility index (Phi) is 6.88. The van der Waals surface area contributed by atoms with Crippen molar-refractivity contribution in [2.45, 2.75) is 44.9 Å². The highest BCUT2D eigenvalue weighted by molar-refractivity contribution is 5.47. The number of aromatic hydroxyl groups is 1. The number of hydrogen-bond donors (Lipinski definition) is 2. The van der Waals surface area contributed by atoms with Crippen LogP contribution in [-0.2, 0) is 17.7 Å². The molecule has 0 amide bonds. The predicted molar refractivity (Wildman–Crippen MR) is 122 cm³/mol. The number of piperidine rings is 1. The third-order valence-electron chi connectivity index (χ3n) is 6.64. The highest BCUT2D eigenvalue weighted by Crippen LogP contribution is 2.40. The van der Waals surface area contributed by atoms with Crippen molar-refractivity contribution >= 4 is 0 Å². The second-order valence-electron chi connectivity index (χ2n) is 8.71. The smallest absolute Gasteiger partial charge is 0.122 e. The first kappa shape index (κ1) is 21.1. The number of nitrogens with one attached hydrogen (secondary N) is 1. The molecule has 2 atom stereocenters. The molecule has 30 heavy (non-hydrogen) atoms. The van der Waals surface area contributed by atoms with Crippen LogP contribution in [-0.4, -0.2) is 42.3 Å². The predicted octanol–water partition coefficient (Wildman–Crippen LogP) is 4.37. The Morgan fingerprint density at radius 1 is 1.17 bits per heavy atom. The van der Waals surface area contributed by atoms with Crippen LogP contribution in [0.5, 0.6) is 5.75 Å². The summed E-state index contributed by atoms with van der Waals surface area (Å²) >= 11 is 0. The molecule has 2 N–H and O–H groups in total. The quantitative estimate of drug-likeness (QED) is 0.529. The van der Waals surface area contributed by atoms with Crippen LogP contribution in [0, 0.1) is 12.8 Å². The van der Waals surface area contributed by atoms with E-state index in [-0.39, 0.29) is 12.2 Å². The van der Waals surface area contributed by atoms with E-state index in [1.165, 1.54) is 5.56 Å². The number of ether oxygens (including phenoxy) is 1. The largest absolute Gasteiger partial charge is 0.507 e. The second-order valence-corrected chi connectivity index (χ2v) is 8.71. The van der Waals surface area contributed by atoms with Crippen LogP contribution in [0.2, 0.25) is 0 Å². The number of fused-ring (bicyclic) bond motifs is 1. The van der Waals surface area contributed by atoms with Crippen LogP contribution in [0.15, 0.2) is 55.1 Å². The number of phenols is 1. The van der Waals surface area contributed by atoms with Gasteiger partial charge < -0.3 is 15.2 Å². The molecular formula is C26H34N2O2. The molecule has 4 heteroatoms. The van der Waals surface area contributed by atoms with Gasteiger partial charge in [0.1, 0.15) is 5.75 Å². The summed E-state index contributed by atoms with van der Waals surface area (Å²) in [5.74, 6) is 0.989. The first-order valence-electron chi connectivity index (χ1n) is 11.2. The zero-order valence-electron chi connectivity index (χ0n) is 18.0. The van der Waals surface area contributed by atoms with Crippen molar-refractivity contribution in [2.24, 2.45) is 5.92 Å². The fourth-order valence-corrected chi connectivity index (χ4v) is 4.90. The molecular weight excluding hydrogens is 372 g/mol. The number of rotatable bonds is 7. The third-order valence-corrected chi connectivity index (χ3v) is 6.64. The minimum absolute atomic E-state index is 0.0208. The Hall–Kier alpha value is -2.14. The van der Waals surface area contributed by atoms with E-state index in [9.17, 15) is 5.11 Å². The van der Waals surface area contributed by atoms with Gasteiger partial charge in [-0.1, -0.05) is 48.5 Å². The topological polar surface area (TPSA) is 44.7 Å². The Labute approximate surface area is 180 Å². The summed E-state index contributed by atoms with van der Waals surface area (Å²) in [6, 6.07) is 14.8. The monoisotopic (exact) mass is 406 g/mol. The number of aryl methyl sites for hydroxylation is 1. The van der Waals surface area contributed by atoms with Crippen LogP contribution < -0.4 is 5.32 Å². The van der Waals surface area contributed by atoms with Gasteiger partial charge in [0.2, 0.25) is 0 Å². The van der Waals surface area contributed by atoms with Crippen LogP contribution in [0.1, 0.15) is 41.2 Å². The summed E-state index contributed by atoms with van der Waals surface area (Å²) in [5.41, 5.74) is 4.55. The van der Waals surface area contributed by atoms with Crippen LogP contribution in [0.25, 0.3) is 0 Å². The molecule has 2 aromatic carbocycles. The molecule has 4 rings (SSSR count). The average Bonchev–Trinajstić information content (AvgIpc) is 2.78. The maximum atomic E-state index is 10.8. The van der Waals surface area contributed by atoms with Crippen molar-refractivity contribution in [3.8, 4) is 5.75 Å². The highest BCUT2D eigenvalue weighted by Gasteiger charge is 2.35. The van der Waals surface area contributed by atoms with Gasteiger partial charge in [-0.3, -0.25) is 4.90 Å². The first-order chi connectivity index (χ1) is 14.7. The van der Waals surface area contributed by atoms with E-state index < -0.39 is 0 Å². The number of benzene rings is 2. The standard InChI is InChI=1S/C26H34N2O2/c1-3-13-27-17-25-22-10-9-19(2)26(29)23(22)16-24(30-25)21-11-14-28(15-12-21)18-20-7-5-4-6-8-20/h3-10,21,24-25,27,29H,1,11-18H2,2H3/t24-,25-/m0/s1. The fraction of sp³-hybridized carbons (Fsp3) is 0.462. The van der Waals surface area contributed by atoms with E-state index in [1.807, 2.05) is 19.1 Å². The number of likely N-dealkylation sites (tertiary alicyclic amines) is 1. The van der Waals surface area contributed by atoms with Gasteiger partial charge in [-0.2, -0.15) is 0 Å². The molecule has 4 nitrogen and oxygen atoms in total. The number of nitrogens with zero attached hydrogens (tertiary/aromatic N) is 1. The molecule has 1 saturated heterocycles. The normalized spacial score (nSPS) is 22.6. The molecule has 0 aliphatic carbocycles. The van der Waals surface area contributed by atoms with Crippen molar-refractivity contribution in [3.63, 3.8) is 0 Å². The molecule has 160 valence electrons. The minimum Gasteiger partial charge on any atom is -0.507 e. The fourth-order valence-electron chi connectivity index (χ4n) is 4.90. The first-order valence-corrected chi connectivity index (χ1v) is 11.2. The third kappa shape index (κ3) is 4.77. The van der Waals surface area contributed by atoms with Crippen molar-refractivity contribution in [2.75, 3.05) is 26.2 Å². The molecule has 0 radical (unpaired) electrons. The van der Waals surface area contributed by atoms with E-state index in [2.05, 4.69) is 53.2 Å². The van der Waals surface area contributed by atoms with Gasteiger partial charge in [-0.25, -0.2) is 0 Å². The van der Waals surface area contributed by atoms with Crippen molar-refractivity contribution in [3.05, 3.63) is 77.4 Å². The highest BCUT2D eigenvalue weighted by atomic mass is 16.5. The minimum atomic E-state index is -0.0208. The van der Waals surface area contributed by atoms with E-state index in [0.717, 1.165) is 68.7 Å². The Morgan fingerprint density at radius 3 is 2.67 bits per heavy atom. The zero-order valence-corrected chi connectivity index (χ0v) is 18.0. The average molecular weight is 407 g/mol. The van der Waals surface area contributed by atoms with Crippen LogP contribution in [0.3, 0.4) is 0 Å². The van der Waals surface area contributed by atoms with E-state index in [0.29, 0.717) is 11.7 Å². The van der Waals surface area contributed by atoms with Crippen molar-refractivity contribution in [1.29, 1.82) is 0 Å². The molecule has 0 aromatic heterocycles. The Morgan fingerprint density at radius 2 is 1.93 bits per heavy atom. The van der Waals surface area contributed by atoms with Gasteiger partial charge in [0.15, 0.2) is 0 Å². The molecule has 0 saturated carbocycles. The lowest BCUT2D eigenvalue weighted by Crippen LogP contribution is -2.42. The molecule has 0 spiro atoms. The molecule has 2 aromatic rings. The zero-order chi connectivity index (χ0) is 20.9. The van der Waals surface area contributed by atoms with Gasteiger partial charge >= 0.3 is 0 Å². The van der Waals surface area contributed by atoms with Gasteiger partial charge in [-0.15, -0.1) is 6.58 Å². The Balaban J connectivity index is 1.43. The van der Waals surface area contributed by atoms with Crippen molar-refractivity contribution in [1.82, 2.24) is 10.2 Å². The van der Waals surface area contributed by atoms with Gasteiger partial charge in [0.25, 0.3) is 0 Å². The molecule has 0 bridgehead atoms. The molecule has 2 heterocycles. The summed E-state index contributed by atoms with van der Waals surface area (Å²) in [4.78, 5) is 2.55. The van der Waals surface area contributed by atoms with Gasteiger partial charge in [-0.05, 0) is 55.5 Å². The van der Waals surface area contributed by atoms with Gasteiger partial charge in [0, 0.05) is 31.6 Å². The molecule has 1 fully saturated rings. The number of phenolic OH excluding ortho intramolecular Hbond substituents is 1. The summed E-state index contributed by atoms with van der Waals surface area (Å²) in [6.07, 6.45) is 5.12. The maximum absolute atomic E-state index is 10.8. The van der Waals surface area contributed by atoms with Crippen LogP contribution in [0.4, 0.5) is 0 Å². The van der Waals surface area contributed by atoms with Crippen LogP contribution >= 0.6 is 0 Å². The number of hydrogen-bond acceptors (Lipinski definition) is 4. The van der Waals surface area contributed by atoms with Crippen molar-refractivity contribution < 1.29 is 9.84 Å². The SMILES string of the molecule is C=CCNC[C@@H]1O[C@H](C2CCN(Cc3ccccc3)CC2)Cc2c1ccc(C)c2O. The molecule has 0 unspecified atom stereocenters.